The van der Waals surface area contributed by atoms with Crippen LogP contribution in [0, 0.1) is 0 Å². The highest BCUT2D eigenvalue weighted by molar-refractivity contribution is 7.15. The van der Waals surface area contributed by atoms with E-state index in [1.165, 1.54) is 11.3 Å². The van der Waals surface area contributed by atoms with Crippen molar-refractivity contribution in [1.82, 2.24) is 9.55 Å². The van der Waals surface area contributed by atoms with Crippen molar-refractivity contribution < 1.29 is 19.0 Å². The lowest BCUT2D eigenvalue weighted by atomic mass is 10.3. The van der Waals surface area contributed by atoms with E-state index in [-0.39, 0.29) is 30.1 Å². The van der Waals surface area contributed by atoms with Crippen molar-refractivity contribution in [3.8, 4) is 5.88 Å². The van der Waals surface area contributed by atoms with Crippen LogP contribution in [0.3, 0.4) is 0 Å². The van der Waals surface area contributed by atoms with Crippen molar-refractivity contribution in [2.75, 3.05) is 6.61 Å². The van der Waals surface area contributed by atoms with Gasteiger partial charge in [0.1, 0.15) is 19.0 Å². The summed E-state index contributed by atoms with van der Waals surface area (Å²) < 4.78 is 8.93. The molecule has 0 aliphatic rings. The van der Waals surface area contributed by atoms with Crippen LogP contribution in [0.15, 0.2) is 30.6 Å². The lowest BCUT2D eigenvalue weighted by Gasteiger charge is -2.07. The molecule has 0 unspecified atom stereocenters. The van der Waals surface area contributed by atoms with E-state index < -0.39 is 0 Å². The molecule has 3 heterocycles. The summed E-state index contributed by atoms with van der Waals surface area (Å²) in [5, 5.41) is 12.8. The number of ether oxygens (including phenoxy) is 1. The SMILES string of the molecule is CC(C)OCC(=O)c1c([O-])n(Cc2cnc(Cl)s2)c2cccc[n+]12. The lowest BCUT2D eigenvalue weighted by Crippen LogP contribution is -2.30. The Labute approximate surface area is 147 Å². The molecule has 0 fully saturated rings. The molecule has 0 spiro atoms. The highest BCUT2D eigenvalue weighted by Crippen LogP contribution is 2.23. The first-order chi connectivity index (χ1) is 11.5. The first kappa shape index (κ1) is 16.9. The predicted octanol–water partition coefficient (Wildman–Crippen LogP) is 2.07. The number of rotatable bonds is 6. The molecule has 0 saturated heterocycles. The molecule has 24 heavy (non-hydrogen) atoms. The number of carbonyl (C=O) groups excluding carboxylic acids is 1. The van der Waals surface area contributed by atoms with Crippen LogP contribution in [-0.2, 0) is 11.3 Å². The second-order valence-corrected chi connectivity index (χ2v) is 7.23. The number of carbonyl (C=O) groups is 1. The first-order valence-electron chi connectivity index (χ1n) is 7.42. The van der Waals surface area contributed by atoms with E-state index >= 15 is 0 Å². The number of halogens is 1. The van der Waals surface area contributed by atoms with Gasteiger partial charge in [0.25, 0.3) is 5.65 Å². The molecule has 3 aromatic rings. The molecular formula is C16H16ClN3O3S. The second-order valence-electron chi connectivity index (χ2n) is 5.53. The topological polar surface area (TPSA) is 71.3 Å². The zero-order valence-electron chi connectivity index (χ0n) is 13.2. The van der Waals surface area contributed by atoms with Gasteiger partial charge in [-0.3, -0.25) is 4.79 Å². The van der Waals surface area contributed by atoms with Crippen LogP contribution in [-0.4, -0.2) is 28.0 Å². The van der Waals surface area contributed by atoms with Crippen LogP contribution in [0.5, 0.6) is 5.88 Å². The number of fused-ring (bicyclic) bond motifs is 1. The third kappa shape index (κ3) is 3.28. The van der Waals surface area contributed by atoms with Crippen molar-refractivity contribution >= 4 is 34.4 Å². The van der Waals surface area contributed by atoms with Gasteiger partial charge >= 0.3 is 0 Å². The number of nitrogens with zero attached hydrogens (tertiary/aromatic N) is 3. The summed E-state index contributed by atoms with van der Waals surface area (Å²) in [6, 6.07) is 5.40. The Hall–Kier alpha value is -1.96. The molecule has 8 heteroatoms. The lowest BCUT2D eigenvalue weighted by molar-refractivity contribution is -0.516. The average Bonchev–Trinajstić information content (AvgIpc) is 3.07. The van der Waals surface area contributed by atoms with Gasteiger partial charge in [0.15, 0.2) is 4.47 Å². The summed E-state index contributed by atoms with van der Waals surface area (Å²) in [6.07, 6.45) is 3.26. The highest BCUT2D eigenvalue weighted by atomic mass is 35.5. The van der Waals surface area contributed by atoms with Crippen LogP contribution < -0.4 is 9.51 Å². The minimum Gasteiger partial charge on any atom is -0.839 e. The Morgan fingerprint density at radius 1 is 1.50 bits per heavy atom. The molecule has 0 aromatic carbocycles. The van der Waals surface area contributed by atoms with Gasteiger partial charge in [0, 0.05) is 12.3 Å². The zero-order valence-corrected chi connectivity index (χ0v) is 14.8. The van der Waals surface area contributed by atoms with Crippen molar-refractivity contribution in [2.45, 2.75) is 26.5 Å². The number of imidazole rings is 1. The van der Waals surface area contributed by atoms with Crippen LogP contribution in [0.1, 0.15) is 29.2 Å². The van der Waals surface area contributed by atoms with E-state index in [4.69, 9.17) is 16.3 Å². The molecule has 0 N–H and O–H groups in total. The number of ketones is 1. The Bertz CT molecular complexity index is 888. The van der Waals surface area contributed by atoms with E-state index in [1.807, 2.05) is 19.9 Å². The van der Waals surface area contributed by atoms with E-state index in [0.717, 1.165) is 4.88 Å². The maximum Gasteiger partial charge on any atom is 0.286 e. The molecule has 0 amide bonds. The fourth-order valence-corrected chi connectivity index (χ4v) is 3.37. The summed E-state index contributed by atoms with van der Waals surface area (Å²) >= 11 is 7.16. The van der Waals surface area contributed by atoms with Gasteiger partial charge in [0.05, 0.1) is 17.2 Å². The Morgan fingerprint density at radius 2 is 2.29 bits per heavy atom. The van der Waals surface area contributed by atoms with Gasteiger partial charge in [-0.05, 0) is 19.9 Å². The van der Waals surface area contributed by atoms with Gasteiger partial charge in [-0.15, -0.1) is 11.3 Å². The van der Waals surface area contributed by atoms with Crippen LogP contribution in [0.25, 0.3) is 5.65 Å². The van der Waals surface area contributed by atoms with Crippen LogP contribution in [0.2, 0.25) is 4.47 Å². The predicted molar refractivity (Wildman–Crippen MR) is 88.7 cm³/mol. The summed E-state index contributed by atoms with van der Waals surface area (Å²) in [4.78, 5) is 17.3. The molecule has 6 nitrogen and oxygen atoms in total. The Kier molecular flexibility index (Phi) is 4.84. The highest BCUT2D eigenvalue weighted by Gasteiger charge is 2.25. The molecule has 0 aliphatic carbocycles. The monoisotopic (exact) mass is 365 g/mol. The van der Waals surface area contributed by atoms with E-state index in [1.54, 1.807) is 33.5 Å². The number of thiazole rings is 1. The molecule has 0 atom stereocenters. The molecule has 0 radical (unpaired) electrons. The summed E-state index contributed by atoms with van der Waals surface area (Å²) in [5.41, 5.74) is 0.738. The maximum absolute atomic E-state index is 12.8. The number of Topliss-reactive ketones (excluding diaryl/α,β-unsaturated/α-hetero) is 1. The number of hydrogen-bond acceptors (Lipinski definition) is 5. The molecular weight excluding hydrogens is 350 g/mol. The largest absolute Gasteiger partial charge is 0.839 e. The van der Waals surface area contributed by atoms with Gasteiger partial charge < -0.3 is 9.84 Å². The molecule has 0 bridgehead atoms. The molecule has 126 valence electrons. The number of pyridine rings is 1. The average molecular weight is 366 g/mol. The fourth-order valence-electron chi connectivity index (χ4n) is 2.41. The Balaban J connectivity index is 2.03. The van der Waals surface area contributed by atoms with E-state index in [9.17, 15) is 9.90 Å². The molecule has 0 saturated carbocycles. The summed E-state index contributed by atoms with van der Waals surface area (Å²) in [5.74, 6) is -0.681. The van der Waals surface area contributed by atoms with Gasteiger partial charge in [-0.25, -0.2) is 9.55 Å². The Morgan fingerprint density at radius 3 is 2.96 bits per heavy atom. The second kappa shape index (κ2) is 6.88. The van der Waals surface area contributed by atoms with Crippen LogP contribution >= 0.6 is 22.9 Å². The van der Waals surface area contributed by atoms with Gasteiger partial charge in [-0.2, -0.15) is 4.40 Å². The molecule has 3 rings (SSSR count). The van der Waals surface area contributed by atoms with E-state index in [0.29, 0.717) is 16.7 Å². The normalized spacial score (nSPS) is 11.5. The van der Waals surface area contributed by atoms with E-state index in [2.05, 4.69) is 4.98 Å². The third-order valence-electron chi connectivity index (χ3n) is 3.45. The quantitative estimate of drug-likeness (QED) is 0.495. The summed E-state index contributed by atoms with van der Waals surface area (Å²) in [7, 11) is 0. The zero-order chi connectivity index (χ0) is 17.3. The molecule has 3 aromatic heterocycles. The number of hydrogen-bond donors (Lipinski definition) is 0. The van der Waals surface area contributed by atoms with Crippen molar-refractivity contribution in [3.63, 3.8) is 0 Å². The van der Waals surface area contributed by atoms with Gasteiger partial charge in [0.2, 0.25) is 11.5 Å². The first-order valence-corrected chi connectivity index (χ1v) is 8.61. The van der Waals surface area contributed by atoms with Gasteiger partial charge in [-0.1, -0.05) is 17.7 Å². The minimum absolute atomic E-state index is 0.0817. The molecule has 0 aliphatic heterocycles. The smallest absolute Gasteiger partial charge is 0.286 e. The minimum atomic E-state index is -0.344. The van der Waals surface area contributed by atoms with Crippen molar-refractivity contribution in [1.29, 1.82) is 0 Å². The standard InChI is InChI=1S/C16H16ClN3O3S/c1-10(2)23-9-12(21)14-15(22)20(8-11-7-18-16(17)24-11)13-5-3-4-6-19(13)14/h3-7,10H,8-9H2,1-2H3. The number of aromatic nitrogens is 3. The summed E-state index contributed by atoms with van der Waals surface area (Å²) in [6.45, 7) is 3.88. The van der Waals surface area contributed by atoms with Crippen LogP contribution in [0.4, 0.5) is 0 Å². The fraction of sp³-hybridized carbons (Fsp3) is 0.312. The third-order valence-corrected chi connectivity index (χ3v) is 4.55. The maximum atomic E-state index is 12.8. The van der Waals surface area contributed by atoms with Crippen molar-refractivity contribution in [2.24, 2.45) is 0 Å². The van der Waals surface area contributed by atoms with Crippen molar-refractivity contribution in [3.05, 3.63) is 45.6 Å².